The lowest BCUT2D eigenvalue weighted by atomic mass is 9.86. The predicted molar refractivity (Wildman–Crippen MR) is 110 cm³/mol. The molecule has 8 bridgehead atoms. The zero-order valence-electron chi connectivity index (χ0n) is 17.3. The smallest absolute Gasteiger partial charge is 0.176 e. The molecule has 0 aromatic carbocycles. The van der Waals surface area contributed by atoms with Crippen LogP contribution in [0.25, 0.3) is 23.0 Å². The number of imidazole rings is 2. The minimum absolute atomic E-state index is 0.249. The number of aromatic amines is 2. The van der Waals surface area contributed by atoms with Crippen LogP contribution in [-0.4, -0.2) is 29.1 Å². The second-order valence-corrected chi connectivity index (χ2v) is 8.94. The molecule has 0 aliphatic carbocycles. The summed E-state index contributed by atoms with van der Waals surface area (Å²) in [4.78, 5) is 17.2. The molecular weight excluding hydrogens is 348 g/mol. The summed E-state index contributed by atoms with van der Waals surface area (Å²) in [6, 6.07) is 8.60. The standard InChI is InChI=1S/C22H26N6/c1-21(2)15-9-7-13(23-15)14-8-10-16(24-14)22(3,4)18-12-28(6)20(26-18)19-25-17(21)11-27(19)5/h7-12,23-24H,1-6H3. The molecule has 0 unspecified atom stereocenters. The molecule has 144 valence electrons. The highest BCUT2D eigenvalue weighted by molar-refractivity contribution is 5.59. The van der Waals surface area contributed by atoms with Gasteiger partial charge < -0.3 is 19.1 Å². The quantitative estimate of drug-likeness (QED) is 0.486. The van der Waals surface area contributed by atoms with Crippen LogP contribution in [0.1, 0.15) is 50.5 Å². The second kappa shape index (κ2) is 5.28. The zero-order valence-corrected chi connectivity index (χ0v) is 17.3. The van der Waals surface area contributed by atoms with Crippen molar-refractivity contribution in [3.8, 4) is 23.0 Å². The Kier molecular flexibility index (Phi) is 3.22. The molecule has 6 heteroatoms. The van der Waals surface area contributed by atoms with Crippen molar-refractivity contribution < 1.29 is 0 Å². The molecule has 0 spiro atoms. The summed E-state index contributed by atoms with van der Waals surface area (Å²) in [5.41, 5.74) is 5.99. The Hall–Kier alpha value is -3.02. The topological polar surface area (TPSA) is 67.2 Å². The number of nitrogens with zero attached hydrogens (tertiary/aromatic N) is 4. The molecule has 28 heavy (non-hydrogen) atoms. The van der Waals surface area contributed by atoms with Gasteiger partial charge in [-0.3, -0.25) is 0 Å². The predicted octanol–water partition coefficient (Wildman–Crippen LogP) is 4.11. The largest absolute Gasteiger partial charge is 0.356 e. The fraction of sp³-hybridized carbons (Fsp3) is 0.364. The molecule has 1 aliphatic heterocycles. The van der Waals surface area contributed by atoms with Gasteiger partial charge in [-0.05, 0) is 52.0 Å². The highest BCUT2D eigenvalue weighted by atomic mass is 15.2. The van der Waals surface area contributed by atoms with Crippen molar-refractivity contribution in [1.82, 2.24) is 29.1 Å². The maximum Gasteiger partial charge on any atom is 0.176 e. The van der Waals surface area contributed by atoms with Crippen molar-refractivity contribution in [1.29, 1.82) is 0 Å². The second-order valence-electron chi connectivity index (χ2n) is 8.94. The third-order valence-electron chi connectivity index (χ3n) is 6.24. The van der Waals surface area contributed by atoms with Crippen LogP contribution in [0, 0.1) is 0 Å². The van der Waals surface area contributed by atoms with E-state index < -0.39 is 0 Å². The molecule has 1 aliphatic rings. The van der Waals surface area contributed by atoms with Crippen molar-refractivity contribution in [2.45, 2.75) is 38.5 Å². The highest BCUT2D eigenvalue weighted by Crippen LogP contribution is 2.37. The van der Waals surface area contributed by atoms with Crippen LogP contribution in [0.5, 0.6) is 0 Å². The van der Waals surface area contributed by atoms with E-state index in [2.05, 4.69) is 83.5 Å². The normalized spacial score (nSPS) is 16.8. The van der Waals surface area contributed by atoms with Crippen LogP contribution in [0.15, 0.2) is 36.7 Å². The van der Waals surface area contributed by atoms with E-state index in [0.29, 0.717) is 0 Å². The third-order valence-corrected chi connectivity index (χ3v) is 6.24. The number of aryl methyl sites for hydroxylation is 2. The monoisotopic (exact) mass is 374 g/mol. The number of hydrogen-bond acceptors (Lipinski definition) is 2. The van der Waals surface area contributed by atoms with Crippen LogP contribution in [-0.2, 0) is 24.9 Å². The minimum Gasteiger partial charge on any atom is -0.356 e. The van der Waals surface area contributed by atoms with E-state index in [1.54, 1.807) is 0 Å². The van der Waals surface area contributed by atoms with Gasteiger partial charge in [-0.25, -0.2) is 9.97 Å². The Balaban J connectivity index is 1.83. The fourth-order valence-corrected chi connectivity index (χ4v) is 4.06. The first-order valence-corrected chi connectivity index (χ1v) is 9.65. The van der Waals surface area contributed by atoms with Crippen molar-refractivity contribution in [3.05, 3.63) is 59.4 Å². The van der Waals surface area contributed by atoms with Crippen LogP contribution in [0.4, 0.5) is 0 Å². The van der Waals surface area contributed by atoms with Crippen molar-refractivity contribution in [2.75, 3.05) is 0 Å². The molecule has 0 atom stereocenters. The molecule has 5 heterocycles. The van der Waals surface area contributed by atoms with E-state index in [-0.39, 0.29) is 10.8 Å². The molecule has 0 radical (unpaired) electrons. The Bertz CT molecular complexity index is 1100. The zero-order chi connectivity index (χ0) is 19.8. The van der Waals surface area contributed by atoms with Gasteiger partial charge in [0.15, 0.2) is 11.6 Å². The van der Waals surface area contributed by atoms with Crippen molar-refractivity contribution >= 4 is 0 Å². The molecule has 0 amide bonds. The van der Waals surface area contributed by atoms with E-state index in [4.69, 9.17) is 9.97 Å². The van der Waals surface area contributed by atoms with E-state index in [1.807, 2.05) is 14.1 Å². The van der Waals surface area contributed by atoms with Gasteiger partial charge in [0.05, 0.1) is 22.8 Å². The van der Waals surface area contributed by atoms with Gasteiger partial charge >= 0.3 is 0 Å². The Morgan fingerprint density at radius 3 is 1.46 bits per heavy atom. The van der Waals surface area contributed by atoms with Gasteiger partial charge in [0.1, 0.15) is 0 Å². The number of nitrogens with one attached hydrogen (secondary N) is 2. The van der Waals surface area contributed by atoms with Gasteiger partial charge in [-0.1, -0.05) is 0 Å². The van der Waals surface area contributed by atoms with Crippen molar-refractivity contribution in [3.63, 3.8) is 0 Å². The average Bonchev–Trinajstić information content (AvgIpc) is 3.39. The van der Waals surface area contributed by atoms with Crippen LogP contribution >= 0.6 is 0 Å². The summed E-state index contributed by atoms with van der Waals surface area (Å²) in [6.07, 6.45) is 4.22. The Morgan fingerprint density at radius 2 is 1.07 bits per heavy atom. The summed E-state index contributed by atoms with van der Waals surface area (Å²) in [7, 11) is 4.08. The minimum atomic E-state index is -0.249. The summed E-state index contributed by atoms with van der Waals surface area (Å²) in [5, 5.41) is 0. The Morgan fingerprint density at radius 1 is 0.679 bits per heavy atom. The van der Waals surface area contributed by atoms with Gasteiger partial charge in [-0.15, -0.1) is 0 Å². The van der Waals surface area contributed by atoms with E-state index in [1.165, 1.54) is 0 Å². The van der Waals surface area contributed by atoms with Gasteiger partial charge in [0, 0.05) is 48.7 Å². The summed E-state index contributed by atoms with van der Waals surface area (Å²) in [5.74, 6) is 1.76. The number of H-pyrrole nitrogens is 2. The molecule has 2 N–H and O–H groups in total. The number of rotatable bonds is 0. The fourth-order valence-electron chi connectivity index (χ4n) is 4.06. The molecule has 0 saturated carbocycles. The Labute approximate surface area is 164 Å². The maximum atomic E-state index is 5.01. The average molecular weight is 374 g/mol. The number of aromatic nitrogens is 6. The van der Waals surface area contributed by atoms with Gasteiger partial charge in [0.25, 0.3) is 0 Å². The number of fused-ring (bicyclic) bond motifs is 10. The first kappa shape index (κ1) is 17.1. The molecule has 5 rings (SSSR count). The van der Waals surface area contributed by atoms with Gasteiger partial charge in [0.2, 0.25) is 0 Å². The molecule has 0 fully saturated rings. The molecular formula is C22H26N6. The lowest BCUT2D eigenvalue weighted by Crippen LogP contribution is -2.20. The summed E-state index contributed by atoms with van der Waals surface area (Å²) >= 11 is 0. The van der Waals surface area contributed by atoms with E-state index in [9.17, 15) is 0 Å². The highest BCUT2D eigenvalue weighted by Gasteiger charge is 2.33. The molecule has 6 nitrogen and oxygen atoms in total. The first-order chi connectivity index (χ1) is 13.2. The number of hydrogen-bond donors (Lipinski definition) is 2. The first-order valence-electron chi connectivity index (χ1n) is 9.65. The summed E-state index contributed by atoms with van der Waals surface area (Å²) < 4.78 is 4.15. The lowest BCUT2D eigenvalue weighted by molar-refractivity contribution is 0.600. The van der Waals surface area contributed by atoms with Gasteiger partial charge in [-0.2, -0.15) is 0 Å². The lowest BCUT2D eigenvalue weighted by Gasteiger charge is -2.21. The van der Waals surface area contributed by atoms with Crippen LogP contribution < -0.4 is 0 Å². The SMILES string of the molecule is Cn1cc2nc1-c1nc(cn1C)C(C)(C)c1ccc([nH]1)-c1ccc([nH]1)C2(C)C. The van der Waals surface area contributed by atoms with Crippen LogP contribution in [0.3, 0.4) is 0 Å². The van der Waals surface area contributed by atoms with Crippen molar-refractivity contribution in [2.24, 2.45) is 14.1 Å². The molecule has 4 aromatic rings. The van der Waals surface area contributed by atoms with E-state index in [0.717, 1.165) is 45.8 Å². The summed E-state index contributed by atoms with van der Waals surface area (Å²) in [6.45, 7) is 8.81. The van der Waals surface area contributed by atoms with E-state index >= 15 is 0 Å². The third kappa shape index (κ3) is 2.20. The maximum absolute atomic E-state index is 5.01. The molecule has 0 saturated heterocycles. The van der Waals surface area contributed by atoms with Crippen LogP contribution in [0.2, 0.25) is 0 Å². The molecule has 4 aromatic heterocycles.